The van der Waals surface area contributed by atoms with Gasteiger partial charge in [0.1, 0.15) is 11.6 Å². The highest BCUT2D eigenvalue weighted by molar-refractivity contribution is 7.91. The predicted molar refractivity (Wildman–Crippen MR) is 120 cm³/mol. The zero-order valence-electron chi connectivity index (χ0n) is 17.2. The molecule has 10 heteroatoms. The van der Waals surface area contributed by atoms with Gasteiger partial charge in [-0.25, -0.2) is 12.8 Å². The topological polar surface area (TPSA) is 93.9 Å². The van der Waals surface area contributed by atoms with Gasteiger partial charge in [0, 0.05) is 30.1 Å². The fourth-order valence-corrected chi connectivity index (χ4v) is 5.04. The summed E-state index contributed by atoms with van der Waals surface area (Å²) in [6.07, 6.45) is 3.64. The predicted octanol–water partition coefficient (Wildman–Crippen LogP) is 4.27. The van der Waals surface area contributed by atoms with Gasteiger partial charge in [0.25, 0.3) is 0 Å². The number of amides is 1. The van der Waals surface area contributed by atoms with Crippen molar-refractivity contribution >= 4 is 33.0 Å². The molecule has 4 rings (SSSR count). The normalized spacial score (nSPS) is 13.9. The molecule has 0 aliphatic carbocycles. The first-order valence-electron chi connectivity index (χ1n) is 10.3. The van der Waals surface area contributed by atoms with Gasteiger partial charge in [-0.05, 0) is 55.3 Å². The third-order valence-corrected chi connectivity index (χ3v) is 7.36. The van der Waals surface area contributed by atoms with Crippen molar-refractivity contribution in [1.29, 1.82) is 0 Å². The van der Waals surface area contributed by atoms with Crippen LogP contribution in [0.4, 0.5) is 10.1 Å². The smallest absolute Gasteiger partial charge is 0.225 e. The molecule has 0 bridgehead atoms. The summed E-state index contributed by atoms with van der Waals surface area (Å²) in [6.45, 7) is 0.719. The summed E-state index contributed by atoms with van der Waals surface area (Å²) < 4.78 is 41.4. The van der Waals surface area contributed by atoms with Crippen LogP contribution < -0.4 is 5.32 Å². The summed E-state index contributed by atoms with van der Waals surface area (Å²) in [5, 5.41) is 11.4. The van der Waals surface area contributed by atoms with Gasteiger partial charge in [-0.1, -0.05) is 18.0 Å². The van der Waals surface area contributed by atoms with Crippen molar-refractivity contribution in [3.8, 4) is 11.4 Å². The molecule has 1 aromatic heterocycles. The van der Waals surface area contributed by atoms with E-state index >= 15 is 0 Å². The molecule has 0 atom stereocenters. The van der Waals surface area contributed by atoms with E-state index in [2.05, 4.69) is 15.5 Å². The van der Waals surface area contributed by atoms with Crippen LogP contribution in [0.3, 0.4) is 0 Å². The van der Waals surface area contributed by atoms with Crippen molar-refractivity contribution in [2.75, 3.05) is 11.1 Å². The molecular formula is C22H22ClFN4O3S. The standard InChI is InChI=1S/C22H22ClFN4O3S/c23-15-5-8-17(9-6-15)32(30,31)13-11-21(29)25-16-7-10-19(24)18(14-16)22-27-26-20-4-2-1-3-12-28(20)22/h5-10,14H,1-4,11-13H2,(H,25,29). The van der Waals surface area contributed by atoms with Crippen molar-refractivity contribution < 1.29 is 17.6 Å². The van der Waals surface area contributed by atoms with E-state index in [-0.39, 0.29) is 22.6 Å². The number of carbonyl (C=O) groups excluding carboxylic acids is 1. The molecule has 0 fully saturated rings. The lowest BCUT2D eigenvalue weighted by Gasteiger charge is -2.11. The van der Waals surface area contributed by atoms with E-state index in [9.17, 15) is 17.6 Å². The molecule has 0 spiro atoms. The SMILES string of the molecule is O=C(CCS(=O)(=O)c1ccc(Cl)cc1)Nc1ccc(F)c(-c2nnc3n2CCCCC3)c1. The second-order valence-corrected chi connectivity index (χ2v) is 10.2. The summed E-state index contributed by atoms with van der Waals surface area (Å²) >= 11 is 5.79. The summed E-state index contributed by atoms with van der Waals surface area (Å²) in [7, 11) is -3.63. The van der Waals surface area contributed by atoms with Crippen LogP contribution in [-0.4, -0.2) is 34.8 Å². The quantitative estimate of drug-likeness (QED) is 0.573. The Balaban J connectivity index is 1.47. The molecular weight excluding hydrogens is 455 g/mol. The molecule has 0 saturated carbocycles. The molecule has 1 amide bonds. The first-order valence-corrected chi connectivity index (χ1v) is 12.4. The number of nitrogens with zero attached hydrogens (tertiary/aromatic N) is 3. The largest absolute Gasteiger partial charge is 0.326 e. The number of nitrogens with one attached hydrogen (secondary N) is 1. The molecule has 168 valence electrons. The first-order chi connectivity index (χ1) is 15.3. The fourth-order valence-electron chi connectivity index (χ4n) is 3.67. The van der Waals surface area contributed by atoms with Gasteiger partial charge >= 0.3 is 0 Å². The first kappa shape index (κ1) is 22.4. The van der Waals surface area contributed by atoms with Crippen LogP contribution in [0.25, 0.3) is 11.4 Å². The second-order valence-electron chi connectivity index (χ2n) is 7.67. The lowest BCUT2D eigenvalue weighted by Crippen LogP contribution is -2.17. The molecule has 1 N–H and O–H groups in total. The molecule has 7 nitrogen and oxygen atoms in total. The number of anilines is 1. The Morgan fingerprint density at radius 2 is 1.88 bits per heavy atom. The molecule has 1 aliphatic heterocycles. The Labute approximate surface area is 190 Å². The van der Waals surface area contributed by atoms with E-state index < -0.39 is 21.6 Å². The Bertz CT molecular complexity index is 1240. The Hall–Kier alpha value is -2.78. The summed E-state index contributed by atoms with van der Waals surface area (Å²) in [4.78, 5) is 12.5. The van der Waals surface area contributed by atoms with Gasteiger partial charge in [-0.3, -0.25) is 4.79 Å². The highest BCUT2D eigenvalue weighted by atomic mass is 35.5. The van der Waals surface area contributed by atoms with E-state index in [1.165, 1.54) is 42.5 Å². The van der Waals surface area contributed by atoms with E-state index in [4.69, 9.17) is 11.6 Å². The van der Waals surface area contributed by atoms with Crippen molar-refractivity contribution in [3.63, 3.8) is 0 Å². The number of carbonyl (C=O) groups is 1. The molecule has 32 heavy (non-hydrogen) atoms. The molecule has 2 heterocycles. The molecule has 0 saturated heterocycles. The monoisotopic (exact) mass is 476 g/mol. The number of aromatic nitrogens is 3. The van der Waals surface area contributed by atoms with Crippen LogP contribution >= 0.6 is 11.6 Å². The van der Waals surface area contributed by atoms with Crippen molar-refractivity contribution in [1.82, 2.24) is 14.8 Å². The third kappa shape index (κ3) is 4.99. The average molecular weight is 477 g/mol. The molecule has 0 radical (unpaired) electrons. The molecule has 2 aromatic carbocycles. The minimum Gasteiger partial charge on any atom is -0.326 e. The van der Waals surface area contributed by atoms with E-state index in [1.807, 2.05) is 4.57 Å². The highest BCUT2D eigenvalue weighted by Gasteiger charge is 2.20. The average Bonchev–Trinajstić information content (AvgIpc) is 3.01. The van der Waals surface area contributed by atoms with E-state index in [0.29, 0.717) is 16.5 Å². The van der Waals surface area contributed by atoms with Crippen molar-refractivity contribution in [3.05, 3.63) is 59.1 Å². The van der Waals surface area contributed by atoms with Gasteiger partial charge in [-0.2, -0.15) is 0 Å². The number of fused-ring (bicyclic) bond motifs is 1. The van der Waals surface area contributed by atoms with Gasteiger partial charge in [-0.15, -0.1) is 10.2 Å². The number of rotatable bonds is 6. The Kier molecular flexibility index (Phi) is 6.57. The maximum absolute atomic E-state index is 14.6. The summed E-state index contributed by atoms with van der Waals surface area (Å²) in [6, 6.07) is 9.98. The number of hydrogen-bond donors (Lipinski definition) is 1. The minimum absolute atomic E-state index is 0.103. The van der Waals surface area contributed by atoms with Crippen LogP contribution in [0.1, 0.15) is 31.5 Å². The Morgan fingerprint density at radius 3 is 2.66 bits per heavy atom. The van der Waals surface area contributed by atoms with Crippen LogP contribution in [0.2, 0.25) is 5.02 Å². The maximum Gasteiger partial charge on any atom is 0.225 e. The van der Waals surface area contributed by atoms with Crippen LogP contribution in [-0.2, 0) is 27.6 Å². The van der Waals surface area contributed by atoms with Gasteiger partial charge in [0.2, 0.25) is 5.91 Å². The third-order valence-electron chi connectivity index (χ3n) is 5.37. The fraction of sp³-hybridized carbons (Fsp3) is 0.318. The van der Waals surface area contributed by atoms with Gasteiger partial charge in [0.05, 0.1) is 16.2 Å². The zero-order valence-corrected chi connectivity index (χ0v) is 18.8. The van der Waals surface area contributed by atoms with Crippen molar-refractivity contribution in [2.45, 2.75) is 43.5 Å². The summed E-state index contributed by atoms with van der Waals surface area (Å²) in [5.41, 5.74) is 0.610. The van der Waals surface area contributed by atoms with Gasteiger partial charge in [0.15, 0.2) is 15.7 Å². The number of aryl methyl sites for hydroxylation is 1. The van der Waals surface area contributed by atoms with Crippen molar-refractivity contribution in [2.24, 2.45) is 0 Å². The maximum atomic E-state index is 14.6. The van der Waals surface area contributed by atoms with E-state index in [0.717, 1.165) is 38.1 Å². The number of sulfone groups is 1. The highest BCUT2D eigenvalue weighted by Crippen LogP contribution is 2.27. The van der Waals surface area contributed by atoms with Gasteiger partial charge < -0.3 is 9.88 Å². The minimum atomic E-state index is -3.63. The van der Waals surface area contributed by atoms with Crippen LogP contribution in [0, 0.1) is 5.82 Å². The lowest BCUT2D eigenvalue weighted by atomic mass is 10.1. The number of benzene rings is 2. The molecule has 0 unspecified atom stereocenters. The molecule has 3 aromatic rings. The summed E-state index contributed by atoms with van der Waals surface area (Å²) in [5.74, 6) is -0.0425. The lowest BCUT2D eigenvalue weighted by molar-refractivity contribution is -0.115. The van der Waals surface area contributed by atoms with E-state index in [1.54, 1.807) is 0 Å². The number of halogens is 2. The van der Waals surface area contributed by atoms with Crippen LogP contribution in [0.5, 0.6) is 0 Å². The number of hydrogen-bond acceptors (Lipinski definition) is 5. The molecule has 1 aliphatic rings. The van der Waals surface area contributed by atoms with Crippen LogP contribution in [0.15, 0.2) is 47.4 Å². The Morgan fingerprint density at radius 1 is 1.09 bits per heavy atom. The second kappa shape index (κ2) is 9.38. The zero-order chi connectivity index (χ0) is 22.7.